The van der Waals surface area contributed by atoms with Crippen LogP contribution in [0.4, 0.5) is 0 Å². The van der Waals surface area contributed by atoms with E-state index in [0.29, 0.717) is 5.92 Å². The van der Waals surface area contributed by atoms with Crippen molar-refractivity contribution in [3.05, 3.63) is 23.3 Å². The molecule has 1 aliphatic carbocycles. The van der Waals surface area contributed by atoms with Crippen molar-refractivity contribution in [3.63, 3.8) is 0 Å². The van der Waals surface area contributed by atoms with E-state index in [4.69, 9.17) is 5.11 Å². The van der Waals surface area contributed by atoms with Crippen LogP contribution in [0.15, 0.2) is 23.3 Å². The van der Waals surface area contributed by atoms with Gasteiger partial charge in [0.15, 0.2) is 0 Å². The highest BCUT2D eigenvalue weighted by Gasteiger charge is 2.22. The number of aliphatic hydroxyl groups excluding tert-OH is 1. The molecule has 0 radical (unpaired) electrons. The minimum Gasteiger partial charge on any atom is -0.392 e. The van der Waals surface area contributed by atoms with Crippen molar-refractivity contribution in [2.24, 2.45) is 5.92 Å². The molecule has 1 nitrogen and oxygen atoms in total. The van der Waals surface area contributed by atoms with E-state index in [0.717, 1.165) is 12.8 Å². The van der Waals surface area contributed by atoms with Gasteiger partial charge in [-0.05, 0) is 32.3 Å². The minimum atomic E-state index is 0.212. The Labute approximate surface area is 68.4 Å². The third-order valence-electron chi connectivity index (χ3n) is 2.54. The molecule has 0 unspecified atom stereocenters. The van der Waals surface area contributed by atoms with E-state index in [9.17, 15) is 0 Å². The van der Waals surface area contributed by atoms with Gasteiger partial charge < -0.3 is 5.11 Å². The first kappa shape index (κ1) is 8.54. The second-order valence-corrected chi connectivity index (χ2v) is 3.40. The molecule has 0 amide bonds. The Kier molecular flexibility index (Phi) is 2.50. The standard InChI is InChI=1S/C10H16O/c1-7(2)9-5-4-8(3)10(9)6-11/h9,11H,1,4-6H2,2-3H3/t9-/m1/s1. The molecule has 0 spiro atoms. The van der Waals surface area contributed by atoms with Crippen LogP contribution in [-0.4, -0.2) is 11.7 Å². The van der Waals surface area contributed by atoms with Crippen LogP contribution in [0.1, 0.15) is 26.7 Å². The Hall–Kier alpha value is -0.560. The molecule has 1 heteroatoms. The van der Waals surface area contributed by atoms with Gasteiger partial charge in [0.05, 0.1) is 6.61 Å². The van der Waals surface area contributed by atoms with Crippen LogP contribution in [0.5, 0.6) is 0 Å². The SMILES string of the molecule is C=C(C)[C@H]1CCC(C)=C1CO. The predicted molar refractivity (Wildman–Crippen MR) is 47.3 cm³/mol. The largest absolute Gasteiger partial charge is 0.392 e. The summed E-state index contributed by atoms with van der Waals surface area (Å²) < 4.78 is 0. The number of hydrogen-bond donors (Lipinski definition) is 1. The maximum Gasteiger partial charge on any atom is 0.0650 e. The summed E-state index contributed by atoms with van der Waals surface area (Å²) in [6.45, 7) is 8.28. The van der Waals surface area contributed by atoms with Gasteiger partial charge in [-0.25, -0.2) is 0 Å². The van der Waals surface area contributed by atoms with Gasteiger partial charge in [0.25, 0.3) is 0 Å². The molecule has 0 aliphatic heterocycles. The second kappa shape index (κ2) is 3.22. The van der Waals surface area contributed by atoms with Gasteiger partial charge in [0.2, 0.25) is 0 Å². The van der Waals surface area contributed by atoms with E-state index in [1.807, 2.05) is 6.92 Å². The summed E-state index contributed by atoms with van der Waals surface area (Å²) in [6, 6.07) is 0. The smallest absolute Gasteiger partial charge is 0.0650 e. The van der Waals surface area contributed by atoms with Crippen LogP contribution < -0.4 is 0 Å². The van der Waals surface area contributed by atoms with Gasteiger partial charge in [-0.3, -0.25) is 0 Å². The monoisotopic (exact) mass is 152 g/mol. The summed E-state index contributed by atoms with van der Waals surface area (Å²) in [5, 5.41) is 9.06. The average Bonchev–Trinajstić information content (AvgIpc) is 2.30. The van der Waals surface area contributed by atoms with E-state index >= 15 is 0 Å². The molecule has 1 atom stereocenters. The highest BCUT2D eigenvalue weighted by Crippen LogP contribution is 2.35. The Morgan fingerprint density at radius 3 is 2.73 bits per heavy atom. The molecule has 1 aliphatic rings. The highest BCUT2D eigenvalue weighted by atomic mass is 16.3. The van der Waals surface area contributed by atoms with E-state index in [1.54, 1.807) is 0 Å². The van der Waals surface area contributed by atoms with Crippen LogP contribution in [0, 0.1) is 5.92 Å². The van der Waals surface area contributed by atoms with E-state index in [1.165, 1.54) is 16.7 Å². The van der Waals surface area contributed by atoms with Crippen molar-refractivity contribution in [1.82, 2.24) is 0 Å². The first-order chi connectivity index (χ1) is 5.16. The Bertz CT molecular complexity index is 201. The van der Waals surface area contributed by atoms with Crippen LogP contribution in [0.3, 0.4) is 0 Å². The van der Waals surface area contributed by atoms with Gasteiger partial charge in [-0.2, -0.15) is 0 Å². The molecule has 62 valence electrons. The van der Waals surface area contributed by atoms with Crippen LogP contribution >= 0.6 is 0 Å². The molecule has 1 rings (SSSR count). The lowest BCUT2D eigenvalue weighted by atomic mass is 9.95. The molecule has 0 fully saturated rings. The van der Waals surface area contributed by atoms with Crippen molar-refractivity contribution in [2.75, 3.05) is 6.61 Å². The van der Waals surface area contributed by atoms with Crippen molar-refractivity contribution >= 4 is 0 Å². The average molecular weight is 152 g/mol. The lowest BCUT2D eigenvalue weighted by Crippen LogP contribution is -2.03. The summed E-state index contributed by atoms with van der Waals surface area (Å²) in [6.07, 6.45) is 2.28. The Morgan fingerprint density at radius 2 is 2.36 bits per heavy atom. The fourth-order valence-corrected chi connectivity index (χ4v) is 1.78. The van der Waals surface area contributed by atoms with E-state index < -0.39 is 0 Å². The predicted octanol–water partition coefficient (Wildman–Crippen LogP) is 2.28. The fourth-order valence-electron chi connectivity index (χ4n) is 1.78. The Balaban J connectivity index is 2.80. The first-order valence-electron chi connectivity index (χ1n) is 4.11. The molecular weight excluding hydrogens is 136 g/mol. The molecule has 1 N–H and O–H groups in total. The number of hydrogen-bond acceptors (Lipinski definition) is 1. The topological polar surface area (TPSA) is 20.2 Å². The van der Waals surface area contributed by atoms with Gasteiger partial charge in [0.1, 0.15) is 0 Å². The normalized spacial score (nSPS) is 24.5. The number of allylic oxidation sites excluding steroid dienone is 2. The molecule has 0 bridgehead atoms. The van der Waals surface area contributed by atoms with Gasteiger partial charge in [-0.1, -0.05) is 17.7 Å². The van der Waals surface area contributed by atoms with E-state index in [-0.39, 0.29) is 6.61 Å². The summed E-state index contributed by atoms with van der Waals surface area (Å²) in [4.78, 5) is 0. The molecular formula is C10H16O. The fraction of sp³-hybridized carbons (Fsp3) is 0.600. The first-order valence-corrected chi connectivity index (χ1v) is 4.11. The summed E-state index contributed by atoms with van der Waals surface area (Å²) in [5.41, 5.74) is 3.75. The van der Waals surface area contributed by atoms with Crippen LogP contribution in [-0.2, 0) is 0 Å². The second-order valence-electron chi connectivity index (χ2n) is 3.40. The Morgan fingerprint density at radius 1 is 1.73 bits per heavy atom. The van der Waals surface area contributed by atoms with Crippen molar-refractivity contribution in [3.8, 4) is 0 Å². The lowest BCUT2D eigenvalue weighted by molar-refractivity contribution is 0.320. The highest BCUT2D eigenvalue weighted by molar-refractivity contribution is 5.28. The summed E-state index contributed by atoms with van der Waals surface area (Å²) in [5.74, 6) is 0.458. The van der Waals surface area contributed by atoms with Gasteiger partial charge in [0, 0.05) is 5.92 Å². The van der Waals surface area contributed by atoms with Crippen LogP contribution in [0.2, 0.25) is 0 Å². The van der Waals surface area contributed by atoms with Crippen molar-refractivity contribution in [2.45, 2.75) is 26.7 Å². The summed E-state index contributed by atoms with van der Waals surface area (Å²) in [7, 11) is 0. The quantitative estimate of drug-likeness (QED) is 0.602. The summed E-state index contributed by atoms with van der Waals surface area (Å²) >= 11 is 0. The molecule has 0 aromatic carbocycles. The van der Waals surface area contributed by atoms with Crippen LogP contribution in [0.25, 0.3) is 0 Å². The third kappa shape index (κ3) is 1.54. The minimum absolute atomic E-state index is 0.212. The maximum atomic E-state index is 9.06. The van der Waals surface area contributed by atoms with Crippen molar-refractivity contribution in [1.29, 1.82) is 0 Å². The molecule has 0 aromatic rings. The number of aliphatic hydroxyl groups is 1. The van der Waals surface area contributed by atoms with Gasteiger partial charge in [-0.15, -0.1) is 0 Å². The van der Waals surface area contributed by atoms with Gasteiger partial charge >= 0.3 is 0 Å². The zero-order chi connectivity index (χ0) is 8.43. The third-order valence-corrected chi connectivity index (χ3v) is 2.54. The zero-order valence-corrected chi connectivity index (χ0v) is 7.35. The molecule has 0 saturated heterocycles. The molecule has 11 heavy (non-hydrogen) atoms. The molecule has 0 aromatic heterocycles. The molecule has 0 heterocycles. The van der Waals surface area contributed by atoms with E-state index in [2.05, 4.69) is 13.5 Å². The lowest BCUT2D eigenvalue weighted by Gasteiger charge is -2.12. The van der Waals surface area contributed by atoms with Crippen molar-refractivity contribution < 1.29 is 5.11 Å². The maximum absolute atomic E-state index is 9.06. The molecule has 0 saturated carbocycles. The number of rotatable bonds is 2. The zero-order valence-electron chi connectivity index (χ0n) is 7.35.